The third-order valence-electron chi connectivity index (χ3n) is 5.95. The quantitative estimate of drug-likeness (QED) is 0.679. The number of amides is 1. The molecule has 1 aliphatic heterocycles. The maximum atomic E-state index is 12.7. The van der Waals surface area contributed by atoms with Crippen LogP contribution in [0.15, 0.2) is 33.5 Å². The molecule has 2 heterocycles. The minimum absolute atomic E-state index is 0.0347. The van der Waals surface area contributed by atoms with E-state index in [4.69, 9.17) is 4.74 Å². The van der Waals surface area contributed by atoms with Crippen molar-refractivity contribution in [1.29, 1.82) is 0 Å². The van der Waals surface area contributed by atoms with Gasteiger partial charge in [0, 0.05) is 33.7 Å². The van der Waals surface area contributed by atoms with E-state index < -0.39 is 6.09 Å². The summed E-state index contributed by atoms with van der Waals surface area (Å²) in [6.07, 6.45) is 2.78. The van der Waals surface area contributed by atoms with Gasteiger partial charge in [-0.1, -0.05) is 36.2 Å². The molecule has 6 nitrogen and oxygen atoms in total. The zero-order valence-corrected chi connectivity index (χ0v) is 19.1. The Bertz CT molecular complexity index is 927. The predicted molar refractivity (Wildman–Crippen MR) is 119 cm³/mol. The predicted octanol–water partition coefficient (Wildman–Crippen LogP) is 4.59. The van der Waals surface area contributed by atoms with Gasteiger partial charge in [0.1, 0.15) is 0 Å². The summed E-state index contributed by atoms with van der Waals surface area (Å²) < 4.78 is 5.77. The zero-order chi connectivity index (χ0) is 21.1. The van der Waals surface area contributed by atoms with Crippen molar-refractivity contribution in [3.63, 3.8) is 0 Å². The van der Waals surface area contributed by atoms with Gasteiger partial charge in [0.2, 0.25) is 0 Å². The van der Waals surface area contributed by atoms with Crippen LogP contribution in [-0.2, 0) is 4.74 Å². The number of likely N-dealkylation sites (tertiary alicyclic amines) is 1. The number of halogens is 1. The van der Waals surface area contributed by atoms with Crippen LogP contribution in [0.5, 0.6) is 0 Å². The molecule has 0 spiro atoms. The second-order valence-corrected chi connectivity index (χ2v) is 9.09. The Morgan fingerprint density at radius 2 is 2.03 bits per heavy atom. The summed E-state index contributed by atoms with van der Waals surface area (Å²) in [6.45, 7) is 7.28. The number of piperidine rings is 1. The number of nitrogens with zero attached hydrogens (tertiary/aromatic N) is 1. The van der Waals surface area contributed by atoms with Crippen molar-refractivity contribution in [1.82, 2.24) is 15.2 Å². The summed E-state index contributed by atoms with van der Waals surface area (Å²) in [7, 11) is 1.39. The Morgan fingerprint density at radius 3 is 2.72 bits per heavy atom. The molecule has 0 aliphatic carbocycles. The van der Waals surface area contributed by atoms with Crippen LogP contribution >= 0.6 is 15.9 Å². The third-order valence-corrected chi connectivity index (χ3v) is 6.44. The van der Waals surface area contributed by atoms with E-state index in [0.29, 0.717) is 5.39 Å². The van der Waals surface area contributed by atoms with E-state index in [0.717, 1.165) is 41.5 Å². The topological polar surface area (TPSA) is 74.4 Å². The maximum absolute atomic E-state index is 12.7. The number of methoxy groups -OCH3 is 1. The molecule has 1 saturated heterocycles. The third kappa shape index (κ3) is 4.83. The van der Waals surface area contributed by atoms with Crippen LogP contribution in [0.1, 0.15) is 51.8 Å². The van der Waals surface area contributed by atoms with Gasteiger partial charge >= 0.3 is 6.09 Å². The summed E-state index contributed by atoms with van der Waals surface area (Å²) in [4.78, 5) is 30.5. The first-order chi connectivity index (χ1) is 13.8. The average molecular weight is 464 g/mol. The molecule has 2 aromatic rings. The van der Waals surface area contributed by atoms with Crippen molar-refractivity contribution < 1.29 is 9.53 Å². The minimum atomic E-state index is -0.409. The van der Waals surface area contributed by atoms with E-state index in [1.807, 2.05) is 18.2 Å². The first-order valence-corrected chi connectivity index (χ1v) is 11.0. The van der Waals surface area contributed by atoms with Gasteiger partial charge in [0.15, 0.2) is 5.43 Å². The smallest absolute Gasteiger partial charge is 0.407 e. The highest BCUT2D eigenvalue weighted by molar-refractivity contribution is 9.10. The Hall–Kier alpha value is -1.86. The van der Waals surface area contributed by atoms with E-state index in [-0.39, 0.29) is 29.5 Å². The highest BCUT2D eigenvalue weighted by atomic mass is 79.9. The van der Waals surface area contributed by atoms with Crippen LogP contribution in [0.25, 0.3) is 10.9 Å². The minimum Gasteiger partial charge on any atom is -0.453 e. The number of rotatable bonds is 5. The SMILES string of the molecule is COC(=O)N[C@@H](C(C)C)C(C)N1CCCC[C@H]1c1cc(=O)c2ccc(Br)cc2[nH]1. The molecule has 1 aliphatic rings. The van der Waals surface area contributed by atoms with Gasteiger partial charge in [-0.05, 0) is 50.4 Å². The molecular formula is C22H30BrN3O3. The number of ether oxygens (including phenoxy) is 1. The molecule has 0 radical (unpaired) electrons. The van der Waals surface area contributed by atoms with Crippen LogP contribution in [0, 0.1) is 5.92 Å². The number of carbonyl (C=O) groups is 1. The van der Waals surface area contributed by atoms with Gasteiger partial charge in [-0.2, -0.15) is 0 Å². The summed E-state index contributed by atoms with van der Waals surface area (Å²) in [5, 5.41) is 3.70. The van der Waals surface area contributed by atoms with E-state index >= 15 is 0 Å². The number of hydrogen-bond donors (Lipinski definition) is 2. The number of aromatic nitrogens is 1. The van der Waals surface area contributed by atoms with E-state index in [9.17, 15) is 9.59 Å². The Balaban J connectivity index is 1.96. The number of carbonyl (C=O) groups excluding carboxylic acids is 1. The lowest BCUT2D eigenvalue weighted by atomic mass is 9.90. The molecule has 1 fully saturated rings. The van der Waals surface area contributed by atoms with Crippen LogP contribution < -0.4 is 10.7 Å². The van der Waals surface area contributed by atoms with Crippen LogP contribution in [0.4, 0.5) is 4.79 Å². The van der Waals surface area contributed by atoms with Crippen LogP contribution in [0.3, 0.4) is 0 Å². The summed E-state index contributed by atoms with van der Waals surface area (Å²) in [5.41, 5.74) is 1.81. The fourth-order valence-corrected chi connectivity index (χ4v) is 4.81. The first kappa shape index (κ1) is 21.8. The molecule has 3 atom stereocenters. The number of fused-ring (bicyclic) bond motifs is 1. The van der Waals surface area contributed by atoms with Gasteiger partial charge in [0.25, 0.3) is 0 Å². The Labute approximate surface area is 180 Å². The van der Waals surface area contributed by atoms with Crippen molar-refractivity contribution >= 4 is 32.9 Å². The standard InChI is InChI=1S/C22H30BrN3O3/c1-13(2)21(25-22(28)29-4)14(3)26-10-6-5-7-19(26)18-12-20(27)16-9-8-15(23)11-17(16)24-18/h8-9,11-14,19,21H,5-7,10H2,1-4H3,(H,24,27)(H,25,28)/t14?,19-,21-/m0/s1. The molecule has 0 bridgehead atoms. The van der Waals surface area contributed by atoms with Crippen LogP contribution in [-0.4, -0.2) is 41.7 Å². The molecular weight excluding hydrogens is 434 g/mol. The van der Waals surface area contributed by atoms with Crippen molar-refractivity contribution in [2.75, 3.05) is 13.7 Å². The van der Waals surface area contributed by atoms with Crippen LogP contribution in [0.2, 0.25) is 0 Å². The van der Waals surface area contributed by atoms with E-state index in [2.05, 4.69) is 51.9 Å². The van der Waals surface area contributed by atoms with E-state index in [1.54, 1.807) is 6.07 Å². The van der Waals surface area contributed by atoms with Gasteiger partial charge in [0.05, 0.1) is 18.7 Å². The first-order valence-electron chi connectivity index (χ1n) is 10.2. The monoisotopic (exact) mass is 463 g/mol. The largest absolute Gasteiger partial charge is 0.453 e. The van der Waals surface area contributed by atoms with Crippen molar-refractivity contribution in [2.24, 2.45) is 5.92 Å². The highest BCUT2D eigenvalue weighted by Crippen LogP contribution is 2.33. The molecule has 1 aromatic heterocycles. The highest BCUT2D eigenvalue weighted by Gasteiger charge is 2.34. The number of benzene rings is 1. The lowest BCUT2D eigenvalue weighted by Gasteiger charge is -2.44. The number of H-pyrrole nitrogens is 1. The van der Waals surface area contributed by atoms with E-state index in [1.165, 1.54) is 7.11 Å². The van der Waals surface area contributed by atoms with Crippen molar-refractivity contribution in [3.8, 4) is 0 Å². The lowest BCUT2D eigenvalue weighted by Crippen LogP contribution is -2.54. The molecule has 3 rings (SSSR count). The molecule has 1 unspecified atom stereocenters. The molecule has 29 heavy (non-hydrogen) atoms. The number of pyridine rings is 1. The van der Waals surface area contributed by atoms with Gasteiger partial charge in [-0.15, -0.1) is 0 Å². The fourth-order valence-electron chi connectivity index (χ4n) is 4.45. The summed E-state index contributed by atoms with van der Waals surface area (Å²) in [6, 6.07) is 7.58. The maximum Gasteiger partial charge on any atom is 0.407 e. The Morgan fingerprint density at radius 1 is 1.28 bits per heavy atom. The lowest BCUT2D eigenvalue weighted by molar-refractivity contribution is 0.0651. The molecule has 7 heteroatoms. The molecule has 0 saturated carbocycles. The van der Waals surface area contributed by atoms with Crippen molar-refractivity contribution in [3.05, 3.63) is 44.7 Å². The van der Waals surface area contributed by atoms with Gasteiger partial charge in [-0.3, -0.25) is 9.69 Å². The second kappa shape index (κ2) is 9.30. The number of hydrogen-bond acceptors (Lipinski definition) is 4. The molecule has 1 aromatic carbocycles. The Kier molecular flexibility index (Phi) is 7.01. The molecule has 2 N–H and O–H groups in total. The average Bonchev–Trinajstić information content (AvgIpc) is 2.70. The zero-order valence-electron chi connectivity index (χ0n) is 17.5. The second-order valence-electron chi connectivity index (χ2n) is 8.17. The summed E-state index contributed by atoms with van der Waals surface area (Å²) in [5.74, 6) is 0.248. The fraction of sp³-hybridized carbons (Fsp3) is 0.545. The molecule has 1 amide bonds. The number of nitrogens with one attached hydrogen (secondary N) is 2. The normalized spacial score (nSPS) is 19.9. The van der Waals surface area contributed by atoms with Gasteiger partial charge in [-0.25, -0.2) is 4.79 Å². The number of aromatic amines is 1. The molecule has 158 valence electrons. The number of alkyl carbamates (subject to hydrolysis) is 1. The van der Waals surface area contributed by atoms with Gasteiger partial charge < -0.3 is 15.0 Å². The summed E-state index contributed by atoms with van der Waals surface area (Å²) >= 11 is 3.49. The van der Waals surface area contributed by atoms with Crippen molar-refractivity contribution in [2.45, 2.75) is 58.2 Å².